The van der Waals surface area contributed by atoms with Gasteiger partial charge in [-0.1, -0.05) is 0 Å². The molecular weight excluding hydrogens is 342 g/mol. The number of carbonyl (C=O) groups is 2. The van der Waals surface area contributed by atoms with E-state index in [4.69, 9.17) is 9.84 Å². The third-order valence-corrected chi connectivity index (χ3v) is 5.56. The molecule has 0 spiro atoms. The van der Waals surface area contributed by atoms with Gasteiger partial charge in [0.15, 0.2) is 0 Å². The minimum absolute atomic E-state index is 0.0453. The standard InChI is InChI=1S/C17H21N3O4S/c1-11-14(17(22)23)9-18-20(11)13-3-6-19(7-4-13)16(21)15-12(10-24-2)5-8-25-15/h5,8-9,13H,3-4,6-7,10H2,1-2H3,(H,22,23). The Labute approximate surface area is 149 Å². The lowest BCUT2D eigenvalue weighted by Gasteiger charge is -2.32. The van der Waals surface area contributed by atoms with Crippen LogP contribution in [0, 0.1) is 6.92 Å². The molecule has 0 aliphatic carbocycles. The summed E-state index contributed by atoms with van der Waals surface area (Å²) >= 11 is 1.44. The highest BCUT2D eigenvalue weighted by molar-refractivity contribution is 7.12. The Morgan fingerprint density at radius 3 is 2.72 bits per heavy atom. The Bertz CT molecular complexity index is 775. The summed E-state index contributed by atoms with van der Waals surface area (Å²) in [7, 11) is 1.62. The molecule has 8 heteroatoms. The van der Waals surface area contributed by atoms with Crippen LogP contribution >= 0.6 is 11.3 Å². The zero-order chi connectivity index (χ0) is 18.0. The molecular formula is C17H21N3O4S. The Morgan fingerprint density at radius 1 is 1.40 bits per heavy atom. The molecule has 0 saturated carbocycles. The molecule has 1 fully saturated rings. The summed E-state index contributed by atoms with van der Waals surface area (Å²) in [5, 5.41) is 15.3. The molecule has 134 valence electrons. The Kier molecular flexibility index (Phi) is 5.19. The maximum Gasteiger partial charge on any atom is 0.339 e. The summed E-state index contributed by atoms with van der Waals surface area (Å²) < 4.78 is 6.93. The molecule has 0 radical (unpaired) electrons. The van der Waals surface area contributed by atoms with E-state index in [0.717, 1.165) is 23.3 Å². The van der Waals surface area contributed by atoms with Crippen molar-refractivity contribution in [2.75, 3.05) is 20.2 Å². The average molecular weight is 363 g/mol. The minimum Gasteiger partial charge on any atom is -0.478 e. The molecule has 0 aromatic carbocycles. The molecule has 1 aliphatic rings. The Morgan fingerprint density at radius 2 is 2.12 bits per heavy atom. The number of carboxylic acids is 1. The van der Waals surface area contributed by atoms with Gasteiger partial charge < -0.3 is 14.7 Å². The van der Waals surface area contributed by atoms with Crippen molar-refractivity contribution in [2.24, 2.45) is 0 Å². The fourth-order valence-corrected chi connectivity index (χ4v) is 4.13. The van der Waals surface area contributed by atoms with Crippen LogP contribution < -0.4 is 0 Å². The van der Waals surface area contributed by atoms with Crippen LogP contribution in [0.2, 0.25) is 0 Å². The number of carbonyl (C=O) groups excluding carboxylic acids is 1. The van der Waals surface area contributed by atoms with Crippen molar-refractivity contribution >= 4 is 23.2 Å². The lowest BCUT2D eigenvalue weighted by atomic mass is 10.0. The van der Waals surface area contributed by atoms with Crippen molar-refractivity contribution in [1.29, 1.82) is 0 Å². The molecule has 2 aromatic rings. The lowest BCUT2D eigenvalue weighted by Crippen LogP contribution is -2.39. The highest BCUT2D eigenvalue weighted by atomic mass is 32.1. The number of methoxy groups -OCH3 is 1. The van der Waals surface area contributed by atoms with Crippen LogP contribution in [0.15, 0.2) is 17.6 Å². The normalized spacial score (nSPS) is 15.5. The van der Waals surface area contributed by atoms with Crippen molar-refractivity contribution in [1.82, 2.24) is 14.7 Å². The SMILES string of the molecule is COCc1ccsc1C(=O)N1CCC(n2ncc(C(=O)O)c2C)CC1. The number of thiophene rings is 1. The van der Waals surface area contributed by atoms with Gasteiger partial charge in [0.05, 0.1) is 29.4 Å². The number of hydrogen-bond acceptors (Lipinski definition) is 5. The molecule has 1 amide bonds. The smallest absolute Gasteiger partial charge is 0.339 e. The van der Waals surface area contributed by atoms with Crippen molar-refractivity contribution in [2.45, 2.75) is 32.4 Å². The summed E-state index contributed by atoms with van der Waals surface area (Å²) in [5.74, 6) is -0.913. The Balaban J connectivity index is 1.66. The number of ether oxygens (including phenoxy) is 1. The highest BCUT2D eigenvalue weighted by Gasteiger charge is 2.28. The highest BCUT2D eigenvalue weighted by Crippen LogP contribution is 2.27. The number of nitrogens with zero attached hydrogens (tertiary/aromatic N) is 3. The molecule has 1 saturated heterocycles. The number of rotatable bonds is 5. The van der Waals surface area contributed by atoms with Gasteiger partial charge >= 0.3 is 5.97 Å². The van der Waals surface area contributed by atoms with Gasteiger partial charge in [0.25, 0.3) is 5.91 Å². The topological polar surface area (TPSA) is 84.7 Å². The van der Waals surface area contributed by atoms with Crippen molar-refractivity contribution in [3.8, 4) is 0 Å². The van der Waals surface area contributed by atoms with Gasteiger partial charge in [-0.15, -0.1) is 11.3 Å². The lowest BCUT2D eigenvalue weighted by molar-refractivity contribution is 0.0688. The van der Waals surface area contributed by atoms with Crippen molar-refractivity contribution < 1.29 is 19.4 Å². The van der Waals surface area contributed by atoms with E-state index < -0.39 is 5.97 Å². The van der Waals surface area contributed by atoms with E-state index >= 15 is 0 Å². The summed E-state index contributed by atoms with van der Waals surface area (Å²) in [4.78, 5) is 26.5. The van der Waals surface area contributed by atoms with Crippen LogP contribution in [0.1, 0.15) is 50.2 Å². The molecule has 0 atom stereocenters. The first-order valence-corrected chi connectivity index (χ1v) is 9.03. The monoisotopic (exact) mass is 363 g/mol. The summed E-state index contributed by atoms with van der Waals surface area (Å²) in [5.41, 5.74) is 1.83. The first-order valence-electron chi connectivity index (χ1n) is 8.15. The van der Waals surface area contributed by atoms with E-state index in [0.29, 0.717) is 25.4 Å². The molecule has 3 heterocycles. The largest absolute Gasteiger partial charge is 0.478 e. The van der Waals surface area contributed by atoms with Gasteiger partial charge in [0.2, 0.25) is 0 Å². The Hall–Kier alpha value is -2.19. The second kappa shape index (κ2) is 7.37. The predicted octanol–water partition coefficient (Wildman–Crippen LogP) is 2.57. The van der Waals surface area contributed by atoms with Gasteiger partial charge in [-0.3, -0.25) is 9.48 Å². The summed E-state index contributed by atoms with van der Waals surface area (Å²) in [6.07, 6.45) is 2.93. The average Bonchev–Trinajstić information content (AvgIpc) is 3.21. The maximum absolute atomic E-state index is 12.7. The van der Waals surface area contributed by atoms with Crippen LogP contribution in [-0.4, -0.2) is 51.9 Å². The number of aromatic carboxylic acids is 1. The van der Waals surface area contributed by atoms with Crippen LogP contribution in [0.4, 0.5) is 0 Å². The van der Waals surface area contributed by atoms with Crippen LogP contribution in [0.5, 0.6) is 0 Å². The van der Waals surface area contributed by atoms with E-state index in [-0.39, 0.29) is 17.5 Å². The number of amides is 1. The number of carboxylic acid groups (broad SMARTS) is 1. The number of piperidine rings is 1. The fourth-order valence-electron chi connectivity index (χ4n) is 3.25. The second-order valence-corrected chi connectivity index (χ2v) is 7.04. The van der Waals surface area contributed by atoms with Gasteiger partial charge in [-0.2, -0.15) is 5.10 Å². The van der Waals surface area contributed by atoms with Crippen molar-refractivity contribution in [3.05, 3.63) is 39.3 Å². The van der Waals surface area contributed by atoms with E-state index in [1.807, 2.05) is 16.3 Å². The van der Waals surface area contributed by atoms with Gasteiger partial charge in [-0.25, -0.2) is 4.79 Å². The van der Waals surface area contributed by atoms with Crippen LogP contribution in [0.3, 0.4) is 0 Å². The predicted molar refractivity (Wildman–Crippen MR) is 93.1 cm³/mol. The number of hydrogen-bond donors (Lipinski definition) is 1. The van der Waals surface area contributed by atoms with E-state index in [1.165, 1.54) is 17.5 Å². The van der Waals surface area contributed by atoms with E-state index in [9.17, 15) is 9.59 Å². The molecule has 25 heavy (non-hydrogen) atoms. The van der Waals surface area contributed by atoms with Crippen LogP contribution in [0.25, 0.3) is 0 Å². The quantitative estimate of drug-likeness (QED) is 0.882. The maximum atomic E-state index is 12.7. The molecule has 3 rings (SSSR count). The first kappa shape index (κ1) is 17.6. The minimum atomic E-state index is -0.959. The molecule has 7 nitrogen and oxygen atoms in total. The van der Waals surface area contributed by atoms with Gasteiger partial charge in [0.1, 0.15) is 5.56 Å². The molecule has 0 unspecified atom stereocenters. The molecule has 0 bridgehead atoms. The summed E-state index contributed by atoms with van der Waals surface area (Å²) in [6.45, 7) is 3.48. The number of likely N-dealkylation sites (tertiary alicyclic amines) is 1. The second-order valence-electron chi connectivity index (χ2n) is 6.12. The first-order chi connectivity index (χ1) is 12.0. The van der Waals surface area contributed by atoms with Crippen molar-refractivity contribution in [3.63, 3.8) is 0 Å². The third kappa shape index (κ3) is 3.45. The van der Waals surface area contributed by atoms with E-state index in [2.05, 4.69) is 5.10 Å². The number of aromatic nitrogens is 2. The zero-order valence-electron chi connectivity index (χ0n) is 14.3. The van der Waals surface area contributed by atoms with E-state index in [1.54, 1.807) is 18.7 Å². The zero-order valence-corrected chi connectivity index (χ0v) is 15.1. The fraction of sp³-hybridized carbons (Fsp3) is 0.471. The molecule has 1 N–H and O–H groups in total. The van der Waals surface area contributed by atoms with Crippen LogP contribution in [-0.2, 0) is 11.3 Å². The third-order valence-electron chi connectivity index (χ3n) is 4.61. The molecule has 1 aliphatic heterocycles. The van der Waals surface area contributed by atoms with Gasteiger partial charge in [-0.05, 0) is 31.2 Å². The molecule has 2 aromatic heterocycles. The van der Waals surface area contributed by atoms with Gasteiger partial charge in [0, 0.05) is 25.8 Å². The summed E-state index contributed by atoms with van der Waals surface area (Å²) in [6, 6.07) is 2.05.